The van der Waals surface area contributed by atoms with Crippen LogP contribution in [0.1, 0.15) is 25.8 Å². The Balaban J connectivity index is 2.02. The normalized spacial score (nSPS) is 26.4. The van der Waals surface area contributed by atoms with Gasteiger partial charge in [-0.2, -0.15) is 0 Å². The van der Waals surface area contributed by atoms with E-state index in [-0.39, 0.29) is 11.5 Å². The van der Waals surface area contributed by atoms with Crippen LogP contribution < -0.4 is 5.32 Å². The second-order valence-electron chi connectivity index (χ2n) is 5.40. The van der Waals surface area contributed by atoms with Gasteiger partial charge in [-0.25, -0.2) is 0 Å². The molecule has 0 saturated heterocycles. The van der Waals surface area contributed by atoms with Crippen LogP contribution in [0.15, 0.2) is 24.3 Å². The summed E-state index contributed by atoms with van der Waals surface area (Å²) in [4.78, 5) is 0. The minimum Gasteiger partial charge on any atom is -0.392 e. The Bertz CT molecular complexity index is 390. The van der Waals surface area contributed by atoms with Crippen molar-refractivity contribution in [3.63, 3.8) is 0 Å². The van der Waals surface area contributed by atoms with Crippen LogP contribution in [0.5, 0.6) is 0 Å². The van der Waals surface area contributed by atoms with Crippen LogP contribution >= 0.6 is 0 Å². The van der Waals surface area contributed by atoms with E-state index in [2.05, 4.69) is 37.4 Å². The van der Waals surface area contributed by atoms with E-state index in [0.29, 0.717) is 12.6 Å². The Labute approximate surface area is 103 Å². The van der Waals surface area contributed by atoms with Crippen molar-refractivity contribution in [1.82, 2.24) is 0 Å². The third-order valence-corrected chi connectivity index (χ3v) is 3.79. The molecule has 3 heteroatoms. The molecule has 1 aromatic carbocycles. The zero-order valence-electron chi connectivity index (χ0n) is 10.7. The van der Waals surface area contributed by atoms with Crippen LogP contribution in [0.3, 0.4) is 0 Å². The lowest BCUT2D eigenvalue weighted by molar-refractivity contribution is -0.0510. The van der Waals surface area contributed by atoms with Crippen molar-refractivity contribution in [2.45, 2.75) is 39.0 Å². The van der Waals surface area contributed by atoms with E-state index in [1.54, 1.807) is 7.11 Å². The highest BCUT2D eigenvalue weighted by atomic mass is 16.5. The number of benzene rings is 1. The zero-order valence-corrected chi connectivity index (χ0v) is 10.7. The van der Waals surface area contributed by atoms with Crippen molar-refractivity contribution in [3.8, 4) is 0 Å². The van der Waals surface area contributed by atoms with Gasteiger partial charge in [-0.15, -0.1) is 0 Å². The average molecular weight is 235 g/mol. The molecule has 17 heavy (non-hydrogen) atoms. The Hall–Kier alpha value is -1.06. The molecule has 1 aliphatic rings. The van der Waals surface area contributed by atoms with Crippen molar-refractivity contribution in [1.29, 1.82) is 0 Å². The molecule has 94 valence electrons. The molecule has 2 rings (SSSR count). The Kier molecular flexibility index (Phi) is 3.40. The molecule has 2 N–H and O–H groups in total. The number of methoxy groups -OCH3 is 1. The number of hydrogen-bond donors (Lipinski definition) is 2. The monoisotopic (exact) mass is 235 g/mol. The van der Waals surface area contributed by atoms with Crippen molar-refractivity contribution >= 4 is 5.69 Å². The molecule has 0 aromatic heterocycles. The maximum Gasteiger partial charge on any atom is 0.0713 e. The van der Waals surface area contributed by atoms with E-state index in [1.807, 2.05) is 6.07 Å². The molecule has 2 unspecified atom stereocenters. The number of aliphatic hydroxyl groups excluding tert-OH is 1. The van der Waals surface area contributed by atoms with Crippen LogP contribution in [-0.2, 0) is 11.3 Å². The molecule has 0 spiro atoms. The summed E-state index contributed by atoms with van der Waals surface area (Å²) in [5.41, 5.74) is 2.22. The first-order valence-corrected chi connectivity index (χ1v) is 6.06. The molecule has 1 aliphatic carbocycles. The van der Waals surface area contributed by atoms with Crippen LogP contribution in [0.4, 0.5) is 5.69 Å². The van der Waals surface area contributed by atoms with Crippen molar-refractivity contribution in [2.24, 2.45) is 5.41 Å². The lowest BCUT2D eigenvalue weighted by atomic mass is 9.64. The third kappa shape index (κ3) is 2.45. The van der Waals surface area contributed by atoms with Gasteiger partial charge in [-0.3, -0.25) is 0 Å². The molecule has 3 nitrogen and oxygen atoms in total. The average Bonchev–Trinajstić information content (AvgIpc) is 2.30. The maximum atomic E-state index is 9.70. The molecular formula is C14H21NO2. The van der Waals surface area contributed by atoms with E-state index in [4.69, 9.17) is 4.74 Å². The molecule has 0 amide bonds. The van der Waals surface area contributed by atoms with Gasteiger partial charge in [0.05, 0.1) is 12.7 Å². The first kappa shape index (κ1) is 12.4. The molecule has 0 bridgehead atoms. The Morgan fingerprint density at radius 1 is 1.47 bits per heavy atom. The van der Waals surface area contributed by atoms with Gasteiger partial charge >= 0.3 is 0 Å². The van der Waals surface area contributed by atoms with Gasteiger partial charge in [-0.1, -0.05) is 26.0 Å². The summed E-state index contributed by atoms with van der Waals surface area (Å²) in [7, 11) is 1.70. The van der Waals surface area contributed by atoms with Crippen LogP contribution in [-0.4, -0.2) is 24.4 Å². The predicted molar refractivity (Wildman–Crippen MR) is 69.0 cm³/mol. The van der Waals surface area contributed by atoms with Gasteiger partial charge in [-0.05, 0) is 24.1 Å². The standard InChI is InChI=1S/C14H21NO2/c1-14(2)12(8-13(14)16)15-11-6-4-5-10(7-11)9-17-3/h4-7,12-13,15-16H,8-9H2,1-3H3. The minimum atomic E-state index is -0.192. The fourth-order valence-corrected chi connectivity index (χ4v) is 2.27. The second-order valence-corrected chi connectivity index (χ2v) is 5.40. The summed E-state index contributed by atoms with van der Waals surface area (Å²) in [6.07, 6.45) is 0.628. The molecular weight excluding hydrogens is 214 g/mol. The molecule has 2 atom stereocenters. The Morgan fingerprint density at radius 3 is 2.82 bits per heavy atom. The number of hydrogen-bond acceptors (Lipinski definition) is 3. The van der Waals surface area contributed by atoms with Gasteiger partial charge in [0.15, 0.2) is 0 Å². The molecule has 0 radical (unpaired) electrons. The fourth-order valence-electron chi connectivity index (χ4n) is 2.27. The highest BCUT2D eigenvalue weighted by molar-refractivity contribution is 5.47. The van der Waals surface area contributed by atoms with E-state index >= 15 is 0 Å². The van der Waals surface area contributed by atoms with E-state index < -0.39 is 0 Å². The first-order valence-electron chi connectivity index (χ1n) is 6.06. The molecule has 0 aliphatic heterocycles. The van der Waals surface area contributed by atoms with E-state index in [0.717, 1.165) is 17.7 Å². The Morgan fingerprint density at radius 2 is 2.24 bits per heavy atom. The first-order chi connectivity index (χ1) is 8.04. The van der Waals surface area contributed by atoms with E-state index in [1.165, 1.54) is 0 Å². The van der Waals surface area contributed by atoms with Crippen molar-refractivity contribution in [3.05, 3.63) is 29.8 Å². The molecule has 1 aromatic rings. The predicted octanol–water partition coefficient (Wildman–Crippen LogP) is 2.40. The van der Waals surface area contributed by atoms with Gasteiger partial charge in [0, 0.05) is 24.3 Å². The van der Waals surface area contributed by atoms with Crippen LogP contribution in [0.25, 0.3) is 0 Å². The minimum absolute atomic E-state index is 0.0444. The second kappa shape index (κ2) is 4.67. The van der Waals surface area contributed by atoms with Gasteiger partial charge < -0.3 is 15.2 Å². The topological polar surface area (TPSA) is 41.5 Å². The van der Waals surface area contributed by atoms with Gasteiger partial charge in [0.25, 0.3) is 0 Å². The molecule has 1 saturated carbocycles. The lowest BCUT2D eigenvalue weighted by Gasteiger charge is -2.49. The summed E-state index contributed by atoms with van der Waals surface area (Å²) < 4.78 is 5.12. The number of ether oxygens (including phenoxy) is 1. The van der Waals surface area contributed by atoms with Crippen molar-refractivity contribution < 1.29 is 9.84 Å². The zero-order chi connectivity index (χ0) is 12.5. The fraction of sp³-hybridized carbons (Fsp3) is 0.571. The summed E-state index contributed by atoms with van der Waals surface area (Å²) in [5.74, 6) is 0. The number of anilines is 1. The third-order valence-electron chi connectivity index (χ3n) is 3.79. The molecule has 1 fully saturated rings. The van der Waals surface area contributed by atoms with Crippen LogP contribution in [0.2, 0.25) is 0 Å². The summed E-state index contributed by atoms with van der Waals surface area (Å²) in [6, 6.07) is 8.58. The highest BCUT2D eigenvalue weighted by Crippen LogP contribution is 2.42. The number of rotatable bonds is 4. The summed E-state index contributed by atoms with van der Waals surface area (Å²) in [6.45, 7) is 4.82. The van der Waals surface area contributed by atoms with Gasteiger partial charge in [0.2, 0.25) is 0 Å². The highest BCUT2D eigenvalue weighted by Gasteiger charge is 2.47. The van der Waals surface area contributed by atoms with Gasteiger partial charge in [0.1, 0.15) is 0 Å². The lowest BCUT2D eigenvalue weighted by Crippen LogP contribution is -2.56. The number of nitrogens with one attached hydrogen (secondary N) is 1. The number of aliphatic hydroxyl groups is 1. The summed E-state index contributed by atoms with van der Waals surface area (Å²) >= 11 is 0. The largest absolute Gasteiger partial charge is 0.392 e. The SMILES string of the molecule is COCc1cccc(NC2CC(O)C2(C)C)c1. The smallest absolute Gasteiger partial charge is 0.0713 e. The molecule has 0 heterocycles. The van der Waals surface area contributed by atoms with Crippen LogP contribution in [0, 0.1) is 5.41 Å². The quantitative estimate of drug-likeness (QED) is 0.842. The maximum absolute atomic E-state index is 9.70. The van der Waals surface area contributed by atoms with E-state index in [9.17, 15) is 5.11 Å². The summed E-state index contributed by atoms with van der Waals surface area (Å²) in [5, 5.41) is 13.2. The van der Waals surface area contributed by atoms with Crippen molar-refractivity contribution in [2.75, 3.05) is 12.4 Å².